The van der Waals surface area contributed by atoms with Crippen LogP contribution in [0.15, 0.2) is 24.4 Å². The number of hydrogen-bond acceptors (Lipinski definition) is 3. The number of benzene rings is 1. The van der Waals surface area contributed by atoms with Crippen LogP contribution in [0, 0.1) is 15.9 Å². The highest BCUT2D eigenvalue weighted by molar-refractivity contribution is 5.61. The van der Waals surface area contributed by atoms with Crippen LogP contribution in [0.3, 0.4) is 0 Å². The Morgan fingerprint density at radius 3 is 2.67 bits per heavy atom. The molecule has 0 aromatic heterocycles. The first-order valence-electron chi connectivity index (χ1n) is 4.30. The predicted molar refractivity (Wildman–Crippen MR) is 55.8 cm³/mol. The molecule has 0 aliphatic heterocycles. The summed E-state index contributed by atoms with van der Waals surface area (Å²) in [4.78, 5) is 11.7. The third kappa shape index (κ3) is 2.77. The standard InChI is InChI=1S/C10H11FN2O2/c1-12(2)7-6-8-9(11)4-3-5-10(8)13(14)15/h3-7H,1-2H3. The summed E-state index contributed by atoms with van der Waals surface area (Å²) in [7, 11) is 3.51. The minimum Gasteiger partial charge on any atom is -0.383 e. The van der Waals surface area contributed by atoms with Gasteiger partial charge in [-0.05, 0) is 18.3 Å². The fourth-order valence-corrected chi connectivity index (χ4v) is 1.07. The summed E-state index contributed by atoms with van der Waals surface area (Å²) in [5.41, 5.74) is -0.232. The van der Waals surface area contributed by atoms with Crippen molar-refractivity contribution in [3.63, 3.8) is 0 Å². The van der Waals surface area contributed by atoms with Crippen molar-refractivity contribution in [3.05, 3.63) is 45.9 Å². The second-order valence-corrected chi connectivity index (χ2v) is 3.21. The maximum absolute atomic E-state index is 13.3. The number of nitro benzene ring substituents is 1. The Kier molecular flexibility index (Phi) is 3.38. The third-order valence-electron chi connectivity index (χ3n) is 1.77. The fraction of sp³-hybridized carbons (Fsp3) is 0.200. The maximum Gasteiger partial charge on any atom is 0.279 e. The molecule has 80 valence electrons. The first kappa shape index (κ1) is 11.2. The van der Waals surface area contributed by atoms with Gasteiger partial charge >= 0.3 is 0 Å². The molecule has 1 aromatic carbocycles. The topological polar surface area (TPSA) is 46.4 Å². The molecule has 0 amide bonds. The lowest BCUT2D eigenvalue weighted by Crippen LogP contribution is -2.01. The Hall–Kier alpha value is -1.91. The zero-order chi connectivity index (χ0) is 11.4. The van der Waals surface area contributed by atoms with Gasteiger partial charge in [0.05, 0.1) is 10.5 Å². The average Bonchev–Trinajstić information content (AvgIpc) is 2.15. The van der Waals surface area contributed by atoms with Crippen LogP contribution in [0.1, 0.15) is 5.56 Å². The van der Waals surface area contributed by atoms with Crippen LogP contribution < -0.4 is 0 Å². The minimum absolute atomic E-state index is 0.00352. The first-order valence-corrected chi connectivity index (χ1v) is 4.30. The quantitative estimate of drug-likeness (QED) is 0.568. The van der Waals surface area contributed by atoms with Crippen molar-refractivity contribution in [2.24, 2.45) is 0 Å². The molecule has 0 saturated heterocycles. The lowest BCUT2D eigenvalue weighted by molar-refractivity contribution is -0.385. The lowest BCUT2D eigenvalue weighted by Gasteiger charge is -2.04. The summed E-state index contributed by atoms with van der Waals surface area (Å²) < 4.78 is 13.3. The van der Waals surface area contributed by atoms with E-state index in [0.717, 1.165) is 0 Å². The smallest absolute Gasteiger partial charge is 0.279 e. The van der Waals surface area contributed by atoms with Crippen LogP contribution in [0.4, 0.5) is 10.1 Å². The summed E-state index contributed by atoms with van der Waals surface area (Å²) in [6, 6.07) is 3.79. The van der Waals surface area contributed by atoms with Gasteiger partial charge in [-0.15, -0.1) is 0 Å². The van der Waals surface area contributed by atoms with Gasteiger partial charge in [0, 0.05) is 20.2 Å². The van der Waals surface area contributed by atoms with E-state index >= 15 is 0 Å². The molecule has 0 heterocycles. The second-order valence-electron chi connectivity index (χ2n) is 3.21. The first-order chi connectivity index (χ1) is 7.02. The van der Waals surface area contributed by atoms with E-state index in [1.54, 1.807) is 25.2 Å². The summed E-state index contributed by atoms with van der Waals surface area (Å²) in [6.07, 6.45) is 2.94. The molecule has 5 heteroatoms. The summed E-state index contributed by atoms with van der Waals surface area (Å²) in [5.74, 6) is -0.595. The molecule has 0 bridgehead atoms. The van der Waals surface area contributed by atoms with Crippen molar-refractivity contribution in [2.45, 2.75) is 0 Å². The molecule has 0 aliphatic carbocycles. The van der Waals surface area contributed by atoms with Crippen molar-refractivity contribution in [1.29, 1.82) is 0 Å². The molecule has 1 rings (SSSR count). The van der Waals surface area contributed by atoms with Gasteiger partial charge in [-0.3, -0.25) is 10.1 Å². The van der Waals surface area contributed by atoms with Gasteiger partial charge in [0.25, 0.3) is 5.69 Å². The lowest BCUT2D eigenvalue weighted by atomic mass is 10.1. The maximum atomic E-state index is 13.3. The van der Waals surface area contributed by atoms with Crippen molar-refractivity contribution < 1.29 is 9.31 Å². The van der Waals surface area contributed by atoms with E-state index in [0.29, 0.717) is 0 Å². The minimum atomic E-state index is -0.599. The molecule has 1 aromatic rings. The predicted octanol–water partition coefficient (Wildman–Crippen LogP) is 2.27. The van der Waals surface area contributed by atoms with Gasteiger partial charge in [-0.2, -0.15) is 0 Å². The van der Waals surface area contributed by atoms with E-state index in [1.165, 1.54) is 24.3 Å². The average molecular weight is 210 g/mol. The number of hydrogen-bond donors (Lipinski definition) is 0. The van der Waals surface area contributed by atoms with E-state index in [1.807, 2.05) is 0 Å². The SMILES string of the molecule is CN(C)C=Cc1c(F)cccc1[N+](=O)[O-]. The largest absolute Gasteiger partial charge is 0.383 e. The summed E-state index contributed by atoms with van der Waals surface area (Å²) in [5, 5.41) is 10.6. The van der Waals surface area contributed by atoms with Crippen LogP contribution in [0.25, 0.3) is 6.08 Å². The number of nitro groups is 1. The number of rotatable bonds is 3. The second kappa shape index (κ2) is 4.54. The number of halogens is 1. The highest BCUT2D eigenvalue weighted by Crippen LogP contribution is 2.22. The van der Waals surface area contributed by atoms with Crippen LogP contribution >= 0.6 is 0 Å². The Balaban J connectivity index is 3.19. The molecule has 0 aliphatic rings. The zero-order valence-corrected chi connectivity index (χ0v) is 8.48. The van der Waals surface area contributed by atoms with Gasteiger partial charge in [0.2, 0.25) is 0 Å². The van der Waals surface area contributed by atoms with E-state index in [9.17, 15) is 14.5 Å². The number of nitrogens with zero attached hydrogens (tertiary/aromatic N) is 2. The van der Waals surface area contributed by atoms with E-state index in [4.69, 9.17) is 0 Å². The Labute approximate surface area is 86.8 Å². The molecule has 0 atom stereocenters. The van der Waals surface area contributed by atoms with Gasteiger partial charge < -0.3 is 4.90 Å². The Morgan fingerprint density at radius 1 is 1.47 bits per heavy atom. The van der Waals surface area contributed by atoms with Crippen molar-refractivity contribution in [1.82, 2.24) is 4.90 Å². The molecule has 15 heavy (non-hydrogen) atoms. The molecule has 0 radical (unpaired) electrons. The van der Waals surface area contributed by atoms with Crippen LogP contribution in [-0.2, 0) is 0 Å². The monoisotopic (exact) mass is 210 g/mol. The highest BCUT2D eigenvalue weighted by atomic mass is 19.1. The molecular weight excluding hydrogens is 199 g/mol. The molecule has 0 saturated carbocycles. The third-order valence-corrected chi connectivity index (χ3v) is 1.77. The van der Waals surface area contributed by atoms with E-state index < -0.39 is 10.7 Å². The zero-order valence-electron chi connectivity index (χ0n) is 8.48. The van der Waals surface area contributed by atoms with Crippen molar-refractivity contribution in [3.8, 4) is 0 Å². The van der Waals surface area contributed by atoms with Gasteiger partial charge in [-0.25, -0.2) is 4.39 Å². The molecule has 0 unspecified atom stereocenters. The highest BCUT2D eigenvalue weighted by Gasteiger charge is 2.14. The van der Waals surface area contributed by atoms with E-state index in [2.05, 4.69) is 0 Å². The summed E-state index contributed by atoms with van der Waals surface area (Å²) in [6.45, 7) is 0. The van der Waals surface area contributed by atoms with Crippen LogP contribution in [0.2, 0.25) is 0 Å². The molecule has 4 nitrogen and oxygen atoms in total. The van der Waals surface area contributed by atoms with Crippen molar-refractivity contribution in [2.75, 3.05) is 14.1 Å². The van der Waals surface area contributed by atoms with E-state index in [-0.39, 0.29) is 11.3 Å². The fourth-order valence-electron chi connectivity index (χ4n) is 1.07. The molecular formula is C10H11FN2O2. The molecule has 0 fully saturated rings. The van der Waals surface area contributed by atoms with Gasteiger partial charge in [0.15, 0.2) is 0 Å². The summed E-state index contributed by atoms with van der Waals surface area (Å²) >= 11 is 0. The molecule has 0 spiro atoms. The molecule has 0 N–H and O–H groups in total. The van der Waals surface area contributed by atoms with Crippen LogP contribution in [0.5, 0.6) is 0 Å². The normalized spacial score (nSPS) is 10.6. The van der Waals surface area contributed by atoms with Crippen molar-refractivity contribution >= 4 is 11.8 Å². The van der Waals surface area contributed by atoms with Gasteiger partial charge in [-0.1, -0.05) is 6.07 Å². The van der Waals surface area contributed by atoms with Crippen LogP contribution in [-0.4, -0.2) is 23.9 Å². The van der Waals surface area contributed by atoms with Gasteiger partial charge in [0.1, 0.15) is 5.82 Å². The Bertz CT molecular complexity index is 402. The Morgan fingerprint density at radius 2 is 2.13 bits per heavy atom.